The second kappa shape index (κ2) is 6.15. The molecule has 21 heavy (non-hydrogen) atoms. The summed E-state index contributed by atoms with van der Waals surface area (Å²) in [7, 11) is -4.29. The highest BCUT2D eigenvalue weighted by Crippen LogP contribution is 2.29. The molecule has 0 aliphatic heterocycles. The summed E-state index contributed by atoms with van der Waals surface area (Å²) in [4.78, 5) is 3.25. The first-order valence-corrected chi connectivity index (χ1v) is 8.64. The number of hydrogen-bond acceptors (Lipinski definition) is 3. The Labute approximate surface area is 140 Å². The molecule has 0 atom stereocenters. The predicted octanol–water partition coefficient (Wildman–Crippen LogP) is 4.34. The summed E-state index contributed by atoms with van der Waals surface area (Å²) < 4.78 is 54.0. The minimum Gasteiger partial charge on any atom is -0.274 e. The van der Waals surface area contributed by atoms with Crippen LogP contribution in [0, 0.1) is 11.6 Å². The van der Waals surface area contributed by atoms with E-state index in [0.717, 1.165) is 12.1 Å². The summed E-state index contributed by atoms with van der Waals surface area (Å²) >= 11 is 11.6. The van der Waals surface area contributed by atoms with E-state index in [2.05, 4.69) is 36.8 Å². The van der Waals surface area contributed by atoms with Crippen LogP contribution in [0.2, 0.25) is 5.15 Å². The van der Waals surface area contributed by atoms with Crippen LogP contribution in [0.15, 0.2) is 38.2 Å². The highest BCUT2D eigenvalue weighted by Gasteiger charge is 2.23. The standard InChI is InChI=1S/C11H5Br2ClF2N2O2S/c12-5-1-7(15)10(8(16)2-5)18-21(19,20)9-3-6(13)4-17-11(9)14/h1-4,18H. The summed E-state index contributed by atoms with van der Waals surface area (Å²) in [6.07, 6.45) is 1.29. The van der Waals surface area contributed by atoms with Crippen LogP contribution in [0.1, 0.15) is 0 Å². The monoisotopic (exact) mass is 460 g/mol. The van der Waals surface area contributed by atoms with Crippen molar-refractivity contribution >= 4 is 59.2 Å². The number of aromatic nitrogens is 1. The molecule has 0 amide bonds. The Morgan fingerprint density at radius 1 is 1.10 bits per heavy atom. The summed E-state index contributed by atoms with van der Waals surface area (Å²) in [5.74, 6) is -2.13. The Kier molecular flexibility index (Phi) is 4.86. The molecular weight excluding hydrogens is 457 g/mol. The molecule has 2 aromatic rings. The number of halogens is 5. The Morgan fingerprint density at radius 3 is 2.24 bits per heavy atom. The van der Waals surface area contributed by atoms with Gasteiger partial charge in [0.05, 0.1) is 0 Å². The molecule has 1 heterocycles. The maximum Gasteiger partial charge on any atom is 0.265 e. The van der Waals surface area contributed by atoms with Gasteiger partial charge in [-0.25, -0.2) is 22.2 Å². The van der Waals surface area contributed by atoms with E-state index in [0.29, 0.717) is 4.47 Å². The van der Waals surface area contributed by atoms with Gasteiger partial charge in [-0.3, -0.25) is 4.72 Å². The molecule has 112 valence electrons. The molecule has 1 N–H and O–H groups in total. The quantitative estimate of drug-likeness (QED) is 0.691. The van der Waals surface area contributed by atoms with Crippen molar-refractivity contribution in [2.24, 2.45) is 0 Å². The Bertz CT molecular complexity index is 795. The summed E-state index contributed by atoms with van der Waals surface area (Å²) in [6.45, 7) is 0. The Hall–Kier alpha value is -0.770. The number of benzene rings is 1. The predicted molar refractivity (Wildman–Crippen MR) is 81.8 cm³/mol. The van der Waals surface area contributed by atoms with E-state index in [9.17, 15) is 17.2 Å². The minimum atomic E-state index is -4.29. The molecular formula is C11H5Br2ClF2N2O2S. The third kappa shape index (κ3) is 3.71. The fourth-order valence-corrected chi connectivity index (χ4v) is 3.84. The maximum absolute atomic E-state index is 13.7. The van der Waals surface area contributed by atoms with Crippen LogP contribution in [0.25, 0.3) is 0 Å². The number of sulfonamides is 1. The summed E-state index contributed by atoms with van der Waals surface area (Å²) in [5, 5.41) is -0.316. The molecule has 0 aliphatic carbocycles. The molecule has 0 aliphatic rings. The Morgan fingerprint density at radius 2 is 1.67 bits per heavy atom. The van der Waals surface area contributed by atoms with Crippen molar-refractivity contribution in [3.8, 4) is 0 Å². The number of nitrogens with zero attached hydrogens (tertiary/aromatic N) is 1. The van der Waals surface area contributed by atoms with Gasteiger partial charge in [-0.05, 0) is 34.1 Å². The zero-order valence-electron chi connectivity index (χ0n) is 9.87. The van der Waals surface area contributed by atoms with Gasteiger partial charge in [-0.15, -0.1) is 0 Å². The van der Waals surface area contributed by atoms with Gasteiger partial charge in [0.2, 0.25) is 0 Å². The minimum absolute atomic E-state index is 0.141. The molecule has 0 fully saturated rings. The SMILES string of the molecule is O=S(=O)(Nc1c(F)cc(Br)cc1F)c1cc(Br)cnc1Cl. The van der Waals surface area contributed by atoms with Crippen LogP contribution in [0.5, 0.6) is 0 Å². The van der Waals surface area contributed by atoms with Crippen molar-refractivity contribution in [1.82, 2.24) is 4.98 Å². The zero-order chi connectivity index (χ0) is 15.8. The average molecular weight is 462 g/mol. The van der Waals surface area contributed by atoms with E-state index in [4.69, 9.17) is 11.6 Å². The number of nitrogens with one attached hydrogen (secondary N) is 1. The van der Waals surface area contributed by atoms with Gasteiger partial charge in [0.1, 0.15) is 15.7 Å². The van der Waals surface area contributed by atoms with E-state index >= 15 is 0 Å². The van der Waals surface area contributed by atoms with Crippen LogP contribution >= 0.6 is 43.5 Å². The van der Waals surface area contributed by atoms with Crippen molar-refractivity contribution < 1.29 is 17.2 Å². The molecule has 4 nitrogen and oxygen atoms in total. The van der Waals surface area contributed by atoms with Crippen molar-refractivity contribution in [2.45, 2.75) is 4.90 Å². The lowest BCUT2D eigenvalue weighted by atomic mass is 10.3. The second-order valence-electron chi connectivity index (χ2n) is 3.79. The topological polar surface area (TPSA) is 59.1 Å². The van der Waals surface area contributed by atoms with Crippen molar-refractivity contribution in [2.75, 3.05) is 4.72 Å². The number of hydrogen-bond donors (Lipinski definition) is 1. The smallest absolute Gasteiger partial charge is 0.265 e. The van der Waals surface area contributed by atoms with Crippen LogP contribution in [0.3, 0.4) is 0 Å². The molecule has 0 saturated carbocycles. The summed E-state index contributed by atoms with van der Waals surface area (Å²) in [5.41, 5.74) is -0.797. The van der Waals surface area contributed by atoms with Crippen molar-refractivity contribution in [3.05, 3.63) is 50.1 Å². The van der Waals surface area contributed by atoms with Gasteiger partial charge in [0, 0.05) is 15.1 Å². The molecule has 1 aromatic heterocycles. The van der Waals surface area contributed by atoms with Crippen LogP contribution in [-0.2, 0) is 10.0 Å². The lowest BCUT2D eigenvalue weighted by Gasteiger charge is -2.11. The normalized spacial score (nSPS) is 11.5. The first-order valence-electron chi connectivity index (χ1n) is 5.19. The van der Waals surface area contributed by atoms with Gasteiger partial charge in [-0.2, -0.15) is 0 Å². The summed E-state index contributed by atoms with van der Waals surface area (Å²) in [6, 6.07) is 3.04. The van der Waals surface area contributed by atoms with Gasteiger partial charge >= 0.3 is 0 Å². The molecule has 0 spiro atoms. The van der Waals surface area contributed by atoms with Crippen LogP contribution in [-0.4, -0.2) is 13.4 Å². The van der Waals surface area contributed by atoms with E-state index < -0.39 is 32.2 Å². The van der Waals surface area contributed by atoms with Crippen molar-refractivity contribution in [3.63, 3.8) is 0 Å². The van der Waals surface area contributed by atoms with E-state index in [1.807, 2.05) is 4.72 Å². The van der Waals surface area contributed by atoms with Gasteiger partial charge in [-0.1, -0.05) is 27.5 Å². The number of rotatable bonds is 3. The fraction of sp³-hybridized carbons (Fsp3) is 0. The van der Waals surface area contributed by atoms with E-state index in [1.54, 1.807) is 0 Å². The molecule has 10 heteroatoms. The molecule has 0 radical (unpaired) electrons. The van der Waals surface area contributed by atoms with Crippen LogP contribution < -0.4 is 4.72 Å². The fourth-order valence-electron chi connectivity index (χ4n) is 1.42. The highest BCUT2D eigenvalue weighted by atomic mass is 79.9. The average Bonchev–Trinajstić information content (AvgIpc) is 2.36. The van der Waals surface area contributed by atoms with Gasteiger partial charge in [0.25, 0.3) is 10.0 Å². The lowest BCUT2D eigenvalue weighted by molar-refractivity contribution is 0.581. The third-order valence-corrected chi connectivity index (χ3v) is 4.97. The molecule has 0 saturated heterocycles. The third-order valence-electron chi connectivity index (χ3n) is 2.31. The lowest BCUT2D eigenvalue weighted by Crippen LogP contribution is -2.16. The largest absolute Gasteiger partial charge is 0.274 e. The van der Waals surface area contributed by atoms with Gasteiger partial charge < -0.3 is 0 Å². The number of pyridine rings is 1. The molecule has 1 aromatic carbocycles. The number of anilines is 1. The van der Waals surface area contributed by atoms with E-state index in [1.165, 1.54) is 12.3 Å². The highest BCUT2D eigenvalue weighted by molar-refractivity contribution is 9.10. The second-order valence-corrected chi connectivity index (χ2v) is 7.63. The van der Waals surface area contributed by atoms with Crippen LogP contribution in [0.4, 0.5) is 14.5 Å². The maximum atomic E-state index is 13.7. The molecule has 0 unspecified atom stereocenters. The molecule has 0 bridgehead atoms. The van der Waals surface area contributed by atoms with E-state index in [-0.39, 0.29) is 9.63 Å². The first-order chi connectivity index (χ1) is 9.70. The first kappa shape index (κ1) is 16.6. The van der Waals surface area contributed by atoms with Gasteiger partial charge in [0.15, 0.2) is 11.6 Å². The zero-order valence-corrected chi connectivity index (χ0v) is 14.6. The molecule has 2 rings (SSSR count). The Balaban J connectivity index is 2.50. The van der Waals surface area contributed by atoms with Crippen molar-refractivity contribution in [1.29, 1.82) is 0 Å².